The summed E-state index contributed by atoms with van der Waals surface area (Å²) >= 11 is 0. The first-order chi connectivity index (χ1) is 6.52. The van der Waals surface area contributed by atoms with Crippen molar-refractivity contribution in [1.29, 1.82) is 0 Å². The number of alkyl halides is 1. The molecule has 1 rings (SSSR count). The van der Waals surface area contributed by atoms with Crippen molar-refractivity contribution in [2.75, 3.05) is 26.2 Å². The molecule has 0 aromatic carbocycles. The summed E-state index contributed by atoms with van der Waals surface area (Å²) in [5.41, 5.74) is -1.24. The first-order valence-corrected chi connectivity index (χ1v) is 4.93. The molecule has 0 atom stereocenters. The Balaban J connectivity index is 2.08. The maximum absolute atomic E-state index is 13.4. The second-order valence-electron chi connectivity index (χ2n) is 4.21. The Morgan fingerprint density at radius 1 is 1.50 bits per heavy atom. The van der Waals surface area contributed by atoms with Crippen LogP contribution in [-0.2, 0) is 0 Å². The fraction of sp³-hybridized carbons (Fsp3) is 0.889. The minimum absolute atomic E-state index is 0.0872. The number of halogens is 1. The van der Waals surface area contributed by atoms with Gasteiger partial charge in [-0.2, -0.15) is 0 Å². The van der Waals surface area contributed by atoms with E-state index in [1.54, 1.807) is 0 Å². The minimum Gasteiger partial charge on any atom is -0.338 e. The third-order valence-electron chi connectivity index (χ3n) is 2.12. The normalized spacial score (nSPS) is 18.9. The van der Waals surface area contributed by atoms with Crippen LogP contribution < -0.4 is 16.0 Å². The van der Waals surface area contributed by atoms with Gasteiger partial charge in [-0.25, -0.2) is 9.18 Å². The molecule has 0 aromatic rings. The van der Waals surface area contributed by atoms with Gasteiger partial charge in [-0.3, -0.25) is 0 Å². The zero-order chi connectivity index (χ0) is 10.6. The fourth-order valence-corrected chi connectivity index (χ4v) is 1.12. The second kappa shape index (κ2) is 4.59. The van der Waals surface area contributed by atoms with E-state index in [1.165, 1.54) is 0 Å². The quantitative estimate of drug-likeness (QED) is 0.613. The number of hydrogen-bond acceptors (Lipinski definition) is 2. The van der Waals surface area contributed by atoms with Crippen LogP contribution >= 0.6 is 0 Å². The first-order valence-electron chi connectivity index (χ1n) is 4.93. The van der Waals surface area contributed by atoms with Crippen LogP contribution in [0.5, 0.6) is 0 Å². The molecule has 0 bridgehead atoms. The van der Waals surface area contributed by atoms with Crippen molar-refractivity contribution < 1.29 is 9.18 Å². The Bertz CT molecular complexity index is 204. The van der Waals surface area contributed by atoms with E-state index in [0.717, 1.165) is 0 Å². The summed E-state index contributed by atoms with van der Waals surface area (Å²) in [7, 11) is 0. The predicted octanol–water partition coefficient (Wildman–Crippen LogP) is 0.253. The Morgan fingerprint density at radius 2 is 2.14 bits per heavy atom. The van der Waals surface area contributed by atoms with Crippen molar-refractivity contribution >= 4 is 6.03 Å². The van der Waals surface area contributed by atoms with Crippen LogP contribution in [0.2, 0.25) is 0 Å². The van der Waals surface area contributed by atoms with E-state index in [9.17, 15) is 9.18 Å². The molecular weight excluding hydrogens is 185 g/mol. The lowest BCUT2D eigenvalue weighted by Crippen LogP contribution is -2.62. The predicted molar refractivity (Wildman–Crippen MR) is 52.9 cm³/mol. The highest BCUT2D eigenvalue weighted by molar-refractivity contribution is 5.73. The average Bonchev–Trinajstić information content (AvgIpc) is 2.08. The molecular formula is C9H18FN3O. The Kier molecular flexibility index (Phi) is 3.69. The van der Waals surface area contributed by atoms with Crippen molar-refractivity contribution in [1.82, 2.24) is 16.0 Å². The van der Waals surface area contributed by atoms with Crippen molar-refractivity contribution in [3.05, 3.63) is 0 Å². The molecule has 1 saturated heterocycles. The summed E-state index contributed by atoms with van der Waals surface area (Å²) in [6.45, 7) is 5.38. The van der Waals surface area contributed by atoms with Crippen molar-refractivity contribution in [2.45, 2.75) is 19.5 Å². The van der Waals surface area contributed by atoms with Gasteiger partial charge in [-0.15, -0.1) is 0 Å². The molecule has 1 aliphatic rings. The largest absolute Gasteiger partial charge is 0.338 e. The van der Waals surface area contributed by atoms with Gasteiger partial charge in [0.15, 0.2) is 5.67 Å². The summed E-state index contributed by atoms with van der Waals surface area (Å²) in [5, 5.41) is 8.01. The number of amides is 2. The lowest BCUT2D eigenvalue weighted by atomic mass is 10.00. The Morgan fingerprint density at radius 3 is 2.57 bits per heavy atom. The van der Waals surface area contributed by atoms with E-state index in [2.05, 4.69) is 16.0 Å². The molecule has 2 amide bonds. The van der Waals surface area contributed by atoms with Gasteiger partial charge >= 0.3 is 6.03 Å². The molecule has 1 fully saturated rings. The summed E-state index contributed by atoms with van der Waals surface area (Å²) in [6.07, 6.45) is 0. The van der Waals surface area contributed by atoms with Gasteiger partial charge in [0.2, 0.25) is 0 Å². The van der Waals surface area contributed by atoms with E-state index in [4.69, 9.17) is 0 Å². The Hall–Kier alpha value is -0.840. The van der Waals surface area contributed by atoms with Gasteiger partial charge in [-0.1, -0.05) is 13.8 Å². The molecule has 0 aliphatic carbocycles. The topological polar surface area (TPSA) is 53.2 Å². The van der Waals surface area contributed by atoms with Gasteiger partial charge < -0.3 is 16.0 Å². The van der Waals surface area contributed by atoms with E-state index in [1.807, 2.05) is 13.8 Å². The second-order valence-corrected chi connectivity index (χ2v) is 4.21. The molecule has 4 nitrogen and oxygen atoms in total. The van der Waals surface area contributed by atoms with Crippen molar-refractivity contribution in [2.24, 2.45) is 5.92 Å². The maximum atomic E-state index is 13.4. The van der Waals surface area contributed by atoms with Gasteiger partial charge in [-0.05, 0) is 5.92 Å². The summed E-state index contributed by atoms with van der Waals surface area (Å²) in [4.78, 5) is 11.1. The molecule has 14 heavy (non-hydrogen) atoms. The smallest absolute Gasteiger partial charge is 0.314 e. The summed E-state index contributed by atoms with van der Waals surface area (Å²) < 4.78 is 13.4. The van der Waals surface area contributed by atoms with E-state index < -0.39 is 5.67 Å². The molecule has 0 saturated carbocycles. The molecule has 0 aromatic heterocycles. The van der Waals surface area contributed by atoms with Gasteiger partial charge in [0.05, 0.1) is 6.54 Å². The molecule has 5 heteroatoms. The van der Waals surface area contributed by atoms with E-state index >= 15 is 0 Å². The highest BCUT2D eigenvalue weighted by atomic mass is 19.1. The van der Waals surface area contributed by atoms with Crippen LogP contribution in [0.3, 0.4) is 0 Å². The molecule has 1 heterocycles. The average molecular weight is 203 g/mol. The highest BCUT2D eigenvalue weighted by Gasteiger charge is 2.36. The zero-order valence-corrected chi connectivity index (χ0v) is 8.69. The lowest BCUT2D eigenvalue weighted by molar-refractivity contribution is 0.0918. The van der Waals surface area contributed by atoms with Crippen molar-refractivity contribution in [3.63, 3.8) is 0 Å². The number of carbonyl (C=O) groups excluding carboxylic acids is 1. The van der Waals surface area contributed by atoms with Crippen LogP contribution in [0.25, 0.3) is 0 Å². The molecule has 0 radical (unpaired) electrons. The van der Waals surface area contributed by atoms with Gasteiger partial charge in [0, 0.05) is 19.6 Å². The highest BCUT2D eigenvalue weighted by Crippen LogP contribution is 2.14. The third kappa shape index (κ3) is 3.49. The zero-order valence-electron chi connectivity index (χ0n) is 8.69. The Labute approximate surface area is 83.6 Å². The lowest BCUT2D eigenvalue weighted by Gasteiger charge is -2.34. The number of urea groups is 1. The molecule has 1 aliphatic heterocycles. The van der Waals surface area contributed by atoms with Crippen LogP contribution in [0.1, 0.15) is 13.8 Å². The first kappa shape index (κ1) is 11.2. The maximum Gasteiger partial charge on any atom is 0.314 e. The van der Waals surface area contributed by atoms with Crippen LogP contribution in [0.15, 0.2) is 0 Å². The summed E-state index contributed by atoms with van der Waals surface area (Å²) in [5.74, 6) is 0.408. The number of nitrogens with one attached hydrogen (secondary N) is 3. The van der Waals surface area contributed by atoms with Crippen molar-refractivity contribution in [3.8, 4) is 0 Å². The molecule has 82 valence electrons. The summed E-state index contributed by atoms with van der Waals surface area (Å²) in [6, 6.07) is -0.289. The molecule has 3 N–H and O–H groups in total. The molecule has 0 spiro atoms. The number of hydrogen-bond donors (Lipinski definition) is 3. The minimum atomic E-state index is -1.24. The monoisotopic (exact) mass is 203 g/mol. The van der Waals surface area contributed by atoms with E-state index in [-0.39, 0.29) is 12.6 Å². The molecule has 0 unspecified atom stereocenters. The van der Waals surface area contributed by atoms with Gasteiger partial charge in [0.1, 0.15) is 0 Å². The van der Waals surface area contributed by atoms with Gasteiger partial charge in [0.25, 0.3) is 0 Å². The number of rotatable bonds is 4. The van der Waals surface area contributed by atoms with Crippen LogP contribution in [-0.4, -0.2) is 37.9 Å². The standard InChI is InChI=1S/C9H18FN3O/c1-7(2)3-12-8(14)13-6-9(10)4-11-5-9/h7,11H,3-6H2,1-2H3,(H2,12,13,14). The van der Waals surface area contributed by atoms with Crippen LogP contribution in [0.4, 0.5) is 9.18 Å². The van der Waals surface area contributed by atoms with E-state index in [0.29, 0.717) is 25.6 Å². The SMILES string of the molecule is CC(C)CNC(=O)NCC1(F)CNC1. The fourth-order valence-electron chi connectivity index (χ4n) is 1.12. The van der Waals surface area contributed by atoms with Crippen LogP contribution in [0, 0.1) is 5.92 Å². The number of carbonyl (C=O) groups is 1. The third-order valence-corrected chi connectivity index (χ3v) is 2.12.